The number of nitrogens with one attached hydrogen (secondary N) is 1. The SMILES string of the molecule is COc1ccc(C)cc1S(=O)(=O)NCC(C(=O)O)C(C)C. The Bertz CT molecular complexity index is 610. The Balaban J connectivity index is 3.02. The van der Waals surface area contributed by atoms with Crippen molar-refractivity contribution < 1.29 is 23.1 Å². The first kappa shape index (κ1) is 17.5. The molecule has 0 saturated heterocycles. The highest BCUT2D eigenvalue weighted by Gasteiger charge is 2.26. The molecule has 0 aliphatic heterocycles. The van der Waals surface area contributed by atoms with Crippen molar-refractivity contribution in [2.45, 2.75) is 25.7 Å². The Kier molecular flexibility index (Phi) is 5.74. The van der Waals surface area contributed by atoms with Crippen molar-refractivity contribution in [2.24, 2.45) is 11.8 Å². The molecule has 0 heterocycles. The summed E-state index contributed by atoms with van der Waals surface area (Å²) in [4.78, 5) is 11.1. The van der Waals surface area contributed by atoms with Crippen LogP contribution in [0, 0.1) is 18.8 Å². The fourth-order valence-electron chi connectivity index (χ4n) is 1.88. The number of carbonyl (C=O) groups is 1. The molecule has 1 atom stereocenters. The van der Waals surface area contributed by atoms with Gasteiger partial charge in [0.25, 0.3) is 0 Å². The van der Waals surface area contributed by atoms with Crippen LogP contribution in [0.4, 0.5) is 0 Å². The van der Waals surface area contributed by atoms with Gasteiger partial charge in [-0.05, 0) is 30.5 Å². The first-order valence-corrected chi connectivity index (χ1v) is 8.04. The summed E-state index contributed by atoms with van der Waals surface area (Å²) in [5.74, 6) is -1.76. The molecule has 0 amide bonds. The van der Waals surface area contributed by atoms with Crippen LogP contribution in [0.25, 0.3) is 0 Å². The third kappa shape index (κ3) is 4.44. The quantitative estimate of drug-likeness (QED) is 0.798. The Morgan fingerprint density at radius 1 is 1.38 bits per heavy atom. The van der Waals surface area contributed by atoms with E-state index < -0.39 is 21.9 Å². The van der Waals surface area contributed by atoms with E-state index in [0.29, 0.717) is 0 Å². The average molecular weight is 315 g/mol. The summed E-state index contributed by atoms with van der Waals surface area (Å²) in [6.45, 7) is 5.08. The number of methoxy groups -OCH3 is 1. The highest BCUT2D eigenvalue weighted by atomic mass is 32.2. The predicted octanol–water partition coefficient (Wildman–Crippen LogP) is 1.64. The summed E-state index contributed by atoms with van der Waals surface area (Å²) in [5.41, 5.74) is 0.773. The van der Waals surface area contributed by atoms with Crippen LogP contribution in [0.5, 0.6) is 5.75 Å². The van der Waals surface area contributed by atoms with E-state index in [0.717, 1.165) is 5.56 Å². The minimum atomic E-state index is -3.83. The maximum atomic E-state index is 12.3. The van der Waals surface area contributed by atoms with Crippen molar-refractivity contribution in [1.29, 1.82) is 0 Å². The molecule has 1 aromatic rings. The van der Waals surface area contributed by atoms with E-state index in [1.807, 2.05) is 0 Å². The largest absolute Gasteiger partial charge is 0.495 e. The van der Waals surface area contributed by atoms with E-state index in [9.17, 15) is 13.2 Å². The number of sulfonamides is 1. The van der Waals surface area contributed by atoms with Gasteiger partial charge in [-0.2, -0.15) is 0 Å². The van der Waals surface area contributed by atoms with E-state index in [1.54, 1.807) is 32.9 Å². The van der Waals surface area contributed by atoms with Crippen molar-refractivity contribution in [1.82, 2.24) is 4.72 Å². The fourth-order valence-corrected chi connectivity index (χ4v) is 3.19. The molecule has 1 rings (SSSR count). The van der Waals surface area contributed by atoms with Gasteiger partial charge in [-0.15, -0.1) is 0 Å². The molecule has 21 heavy (non-hydrogen) atoms. The molecule has 118 valence electrons. The molecule has 0 fully saturated rings. The van der Waals surface area contributed by atoms with E-state index in [4.69, 9.17) is 9.84 Å². The monoisotopic (exact) mass is 315 g/mol. The molecule has 0 saturated carbocycles. The smallest absolute Gasteiger partial charge is 0.308 e. The number of carboxylic acids is 1. The van der Waals surface area contributed by atoms with Gasteiger partial charge < -0.3 is 9.84 Å². The van der Waals surface area contributed by atoms with Crippen molar-refractivity contribution in [2.75, 3.05) is 13.7 Å². The maximum Gasteiger partial charge on any atom is 0.308 e. The number of aryl methyl sites for hydroxylation is 1. The molecule has 2 N–H and O–H groups in total. The summed E-state index contributed by atoms with van der Waals surface area (Å²) in [6, 6.07) is 4.80. The summed E-state index contributed by atoms with van der Waals surface area (Å²) in [6.07, 6.45) is 0. The minimum absolute atomic E-state index is 0.0119. The Labute approximate surface area is 125 Å². The Morgan fingerprint density at radius 3 is 2.48 bits per heavy atom. The van der Waals surface area contributed by atoms with Gasteiger partial charge in [0.2, 0.25) is 10.0 Å². The standard InChI is InChI=1S/C14H21NO5S/c1-9(2)11(14(16)17)8-15-21(18,19)13-7-10(3)5-6-12(13)20-4/h5-7,9,11,15H,8H2,1-4H3,(H,16,17). The lowest BCUT2D eigenvalue weighted by Gasteiger charge is -2.17. The lowest BCUT2D eigenvalue weighted by Crippen LogP contribution is -2.35. The molecule has 1 unspecified atom stereocenters. The zero-order valence-electron chi connectivity index (χ0n) is 12.6. The Morgan fingerprint density at radius 2 is 2.00 bits per heavy atom. The van der Waals surface area contributed by atoms with Crippen LogP contribution in [0.1, 0.15) is 19.4 Å². The van der Waals surface area contributed by atoms with Crippen LogP contribution in [0.2, 0.25) is 0 Å². The van der Waals surface area contributed by atoms with Crippen molar-refractivity contribution >= 4 is 16.0 Å². The third-order valence-corrected chi connectivity index (χ3v) is 4.67. The lowest BCUT2D eigenvalue weighted by atomic mass is 9.97. The number of hydrogen-bond acceptors (Lipinski definition) is 4. The third-order valence-electron chi connectivity index (χ3n) is 3.22. The minimum Gasteiger partial charge on any atom is -0.495 e. The molecular formula is C14H21NO5S. The molecule has 0 spiro atoms. The molecule has 0 radical (unpaired) electrons. The number of benzene rings is 1. The summed E-state index contributed by atoms with van der Waals surface area (Å²) in [5, 5.41) is 9.10. The summed E-state index contributed by atoms with van der Waals surface area (Å²) < 4.78 is 32.1. The van der Waals surface area contributed by atoms with Crippen LogP contribution in [0.15, 0.2) is 23.1 Å². The van der Waals surface area contributed by atoms with Gasteiger partial charge >= 0.3 is 5.97 Å². The molecule has 0 aromatic heterocycles. The van der Waals surface area contributed by atoms with Crippen LogP contribution >= 0.6 is 0 Å². The van der Waals surface area contributed by atoms with E-state index in [-0.39, 0.29) is 23.1 Å². The molecular weight excluding hydrogens is 294 g/mol. The predicted molar refractivity (Wildman–Crippen MR) is 78.9 cm³/mol. The second-order valence-electron chi connectivity index (χ2n) is 5.19. The lowest BCUT2D eigenvalue weighted by molar-refractivity contribution is -0.142. The second kappa shape index (κ2) is 6.91. The van der Waals surface area contributed by atoms with Gasteiger partial charge in [0.05, 0.1) is 13.0 Å². The first-order chi connectivity index (χ1) is 9.69. The van der Waals surface area contributed by atoms with E-state index in [2.05, 4.69) is 4.72 Å². The van der Waals surface area contributed by atoms with Crippen molar-refractivity contribution in [3.8, 4) is 5.75 Å². The molecule has 1 aromatic carbocycles. The van der Waals surface area contributed by atoms with Crippen molar-refractivity contribution in [3.05, 3.63) is 23.8 Å². The van der Waals surface area contributed by atoms with E-state index >= 15 is 0 Å². The molecule has 0 aliphatic carbocycles. The van der Waals surface area contributed by atoms with Gasteiger partial charge in [0.1, 0.15) is 10.6 Å². The van der Waals surface area contributed by atoms with Crippen LogP contribution in [-0.2, 0) is 14.8 Å². The normalized spacial score (nSPS) is 13.2. The van der Waals surface area contributed by atoms with E-state index in [1.165, 1.54) is 13.2 Å². The zero-order chi connectivity index (χ0) is 16.2. The van der Waals surface area contributed by atoms with Gasteiger partial charge in [0, 0.05) is 6.54 Å². The first-order valence-electron chi connectivity index (χ1n) is 6.56. The molecule has 0 bridgehead atoms. The van der Waals surface area contributed by atoms with Gasteiger partial charge in [-0.3, -0.25) is 4.79 Å². The second-order valence-corrected chi connectivity index (χ2v) is 6.93. The van der Waals surface area contributed by atoms with Gasteiger partial charge in [-0.25, -0.2) is 13.1 Å². The summed E-state index contributed by atoms with van der Waals surface area (Å²) in [7, 11) is -2.44. The topological polar surface area (TPSA) is 92.7 Å². The summed E-state index contributed by atoms with van der Waals surface area (Å²) >= 11 is 0. The zero-order valence-corrected chi connectivity index (χ0v) is 13.4. The molecule has 0 aliphatic rings. The highest BCUT2D eigenvalue weighted by Crippen LogP contribution is 2.24. The number of ether oxygens (including phenoxy) is 1. The van der Waals surface area contributed by atoms with Gasteiger partial charge in [-0.1, -0.05) is 19.9 Å². The van der Waals surface area contributed by atoms with Crippen molar-refractivity contribution in [3.63, 3.8) is 0 Å². The number of carboxylic acid groups (broad SMARTS) is 1. The average Bonchev–Trinajstić information content (AvgIpc) is 2.37. The number of aliphatic carboxylic acids is 1. The molecule has 6 nitrogen and oxygen atoms in total. The van der Waals surface area contributed by atoms with Gasteiger partial charge in [0.15, 0.2) is 0 Å². The highest BCUT2D eigenvalue weighted by molar-refractivity contribution is 7.89. The van der Waals surface area contributed by atoms with Crippen LogP contribution in [0.3, 0.4) is 0 Å². The van der Waals surface area contributed by atoms with Crippen LogP contribution < -0.4 is 9.46 Å². The maximum absolute atomic E-state index is 12.3. The fraction of sp³-hybridized carbons (Fsp3) is 0.500. The number of rotatable bonds is 7. The van der Waals surface area contributed by atoms with Crippen LogP contribution in [-0.4, -0.2) is 33.1 Å². The molecule has 7 heteroatoms. The Hall–Kier alpha value is -1.60. The number of hydrogen-bond donors (Lipinski definition) is 2.